The molecule has 3 aromatic rings. The lowest BCUT2D eigenvalue weighted by Gasteiger charge is -2.16. The summed E-state index contributed by atoms with van der Waals surface area (Å²) in [5, 5.41) is 4.40. The van der Waals surface area contributed by atoms with Crippen molar-refractivity contribution in [3.63, 3.8) is 0 Å². The fourth-order valence-corrected chi connectivity index (χ4v) is 2.52. The largest absolute Gasteiger partial charge is 0.464 e. The molecular weight excluding hydrogens is 264 g/mol. The second-order valence-corrected chi connectivity index (χ2v) is 5.29. The van der Waals surface area contributed by atoms with Crippen molar-refractivity contribution in [3.05, 3.63) is 64.3 Å². The minimum absolute atomic E-state index is 0.00536. The maximum Gasteiger partial charge on any atom is 0.252 e. The highest BCUT2D eigenvalue weighted by Gasteiger charge is 2.12. The fraction of sp³-hybridized carbons (Fsp3) is 0.235. The van der Waals surface area contributed by atoms with Crippen LogP contribution in [0.3, 0.4) is 0 Å². The zero-order chi connectivity index (χ0) is 15.0. The molecule has 0 amide bonds. The van der Waals surface area contributed by atoms with Gasteiger partial charge in [-0.15, -0.1) is 0 Å². The van der Waals surface area contributed by atoms with Crippen LogP contribution in [0.15, 0.2) is 51.7 Å². The van der Waals surface area contributed by atoms with Crippen molar-refractivity contribution in [1.82, 2.24) is 4.57 Å². The smallest absolute Gasteiger partial charge is 0.252 e. The number of pyridine rings is 1. The van der Waals surface area contributed by atoms with Crippen LogP contribution in [0, 0.1) is 6.92 Å². The monoisotopic (exact) mass is 282 g/mol. The van der Waals surface area contributed by atoms with Crippen molar-refractivity contribution in [1.29, 1.82) is 0 Å². The molecule has 0 saturated carbocycles. The van der Waals surface area contributed by atoms with Crippen LogP contribution in [0.5, 0.6) is 0 Å². The Morgan fingerprint density at radius 3 is 2.67 bits per heavy atom. The second kappa shape index (κ2) is 5.13. The van der Waals surface area contributed by atoms with Crippen molar-refractivity contribution in [2.24, 2.45) is 7.05 Å². The Hall–Kier alpha value is -2.49. The number of fused-ring (bicyclic) bond motifs is 1. The number of aryl methyl sites for hydroxylation is 2. The first-order valence-corrected chi connectivity index (χ1v) is 6.98. The van der Waals surface area contributed by atoms with Crippen LogP contribution in [0.4, 0.5) is 5.69 Å². The molecule has 21 heavy (non-hydrogen) atoms. The molecule has 4 heteroatoms. The lowest BCUT2D eigenvalue weighted by molar-refractivity contribution is 0.467. The topological polar surface area (TPSA) is 47.2 Å². The van der Waals surface area contributed by atoms with E-state index in [-0.39, 0.29) is 11.6 Å². The normalized spacial score (nSPS) is 12.5. The molecular formula is C17H18N2O2. The van der Waals surface area contributed by atoms with Crippen molar-refractivity contribution < 1.29 is 4.42 Å². The fourth-order valence-electron chi connectivity index (χ4n) is 2.52. The molecule has 0 aliphatic heterocycles. The number of aromatic nitrogens is 1. The van der Waals surface area contributed by atoms with E-state index in [9.17, 15) is 4.79 Å². The highest BCUT2D eigenvalue weighted by atomic mass is 16.3. The van der Waals surface area contributed by atoms with E-state index in [0.29, 0.717) is 0 Å². The van der Waals surface area contributed by atoms with Gasteiger partial charge in [0.05, 0.1) is 11.6 Å². The Bertz CT molecular complexity index is 845. The van der Waals surface area contributed by atoms with Crippen LogP contribution in [0.2, 0.25) is 0 Å². The summed E-state index contributed by atoms with van der Waals surface area (Å²) in [6.07, 6.45) is 0. The molecule has 0 radical (unpaired) electrons. The number of nitrogens with one attached hydrogen (secondary N) is 1. The van der Waals surface area contributed by atoms with Crippen molar-refractivity contribution in [3.8, 4) is 0 Å². The van der Waals surface area contributed by atoms with Crippen molar-refractivity contribution in [2.75, 3.05) is 5.32 Å². The summed E-state index contributed by atoms with van der Waals surface area (Å²) in [4.78, 5) is 12.1. The van der Waals surface area contributed by atoms with Gasteiger partial charge in [0.15, 0.2) is 0 Å². The van der Waals surface area contributed by atoms with Crippen LogP contribution >= 0.6 is 0 Å². The zero-order valence-corrected chi connectivity index (χ0v) is 12.4. The molecule has 1 atom stereocenters. The molecule has 0 spiro atoms. The standard InChI is InChI=1S/C17H18N2O2/c1-11-8-9-16(21-11)12(2)18-14-10-17(20)19(3)15-7-5-4-6-13(14)15/h4-10,12,18H,1-3H3. The Morgan fingerprint density at radius 1 is 1.19 bits per heavy atom. The van der Waals surface area contributed by atoms with Gasteiger partial charge in [-0.3, -0.25) is 4.79 Å². The molecule has 1 aromatic carbocycles. The van der Waals surface area contributed by atoms with Gasteiger partial charge < -0.3 is 14.3 Å². The summed E-state index contributed by atoms with van der Waals surface area (Å²) >= 11 is 0. The summed E-state index contributed by atoms with van der Waals surface area (Å²) in [5.74, 6) is 1.74. The molecule has 3 rings (SSSR count). The molecule has 0 bridgehead atoms. The van der Waals surface area contributed by atoms with Gasteiger partial charge in [0.25, 0.3) is 5.56 Å². The molecule has 0 aliphatic rings. The molecule has 2 aromatic heterocycles. The average Bonchev–Trinajstić information content (AvgIpc) is 2.91. The Kier molecular flexibility index (Phi) is 3.29. The minimum Gasteiger partial charge on any atom is -0.464 e. The summed E-state index contributed by atoms with van der Waals surface area (Å²) < 4.78 is 7.29. The lowest BCUT2D eigenvalue weighted by atomic mass is 10.1. The molecule has 0 fully saturated rings. The van der Waals surface area contributed by atoms with E-state index in [1.54, 1.807) is 17.7 Å². The predicted molar refractivity (Wildman–Crippen MR) is 84.7 cm³/mol. The van der Waals surface area contributed by atoms with Crippen LogP contribution in [0.1, 0.15) is 24.5 Å². The third-order valence-corrected chi connectivity index (χ3v) is 3.71. The Labute approximate surface area is 123 Å². The zero-order valence-electron chi connectivity index (χ0n) is 12.4. The first-order valence-electron chi connectivity index (χ1n) is 6.98. The Balaban J connectivity index is 2.05. The summed E-state index contributed by atoms with van der Waals surface area (Å²) in [5.41, 5.74) is 1.71. The van der Waals surface area contributed by atoms with E-state index in [0.717, 1.165) is 28.1 Å². The van der Waals surface area contributed by atoms with Gasteiger partial charge in [-0.2, -0.15) is 0 Å². The number of rotatable bonds is 3. The molecule has 0 saturated heterocycles. The van der Waals surface area contributed by atoms with Gasteiger partial charge in [0.2, 0.25) is 0 Å². The van der Waals surface area contributed by atoms with E-state index in [1.165, 1.54) is 0 Å². The number of benzene rings is 1. The van der Waals surface area contributed by atoms with E-state index in [2.05, 4.69) is 5.32 Å². The number of anilines is 1. The SMILES string of the molecule is Cc1ccc(C(C)Nc2cc(=O)n(C)c3ccccc23)o1. The first kappa shape index (κ1) is 13.5. The summed E-state index contributed by atoms with van der Waals surface area (Å²) in [6.45, 7) is 3.94. The Morgan fingerprint density at radius 2 is 1.95 bits per heavy atom. The second-order valence-electron chi connectivity index (χ2n) is 5.29. The van der Waals surface area contributed by atoms with Gasteiger partial charge in [-0.25, -0.2) is 0 Å². The van der Waals surface area contributed by atoms with Gasteiger partial charge in [0.1, 0.15) is 11.5 Å². The predicted octanol–water partition coefficient (Wildman–Crippen LogP) is 3.61. The molecule has 1 unspecified atom stereocenters. The van der Waals surface area contributed by atoms with Crippen LogP contribution in [-0.2, 0) is 7.05 Å². The third-order valence-electron chi connectivity index (χ3n) is 3.71. The van der Waals surface area contributed by atoms with Gasteiger partial charge in [0, 0.05) is 24.2 Å². The van der Waals surface area contributed by atoms with Crippen LogP contribution in [-0.4, -0.2) is 4.57 Å². The molecule has 1 N–H and O–H groups in total. The quantitative estimate of drug-likeness (QED) is 0.798. The van der Waals surface area contributed by atoms with Gasteiger partial charge >= 0.3 is 0 Å². The highest BCUT2D eigenvalue weighted by molar-refractivity contribution is 5.91. The van der Waals surface area contributed by atoms with Crippen LogP contribution in [0.25, 0.3) is 10.9 Å². The van der Waals surface area contributed by atoms with Crippen molar-refractivity contribution in [2.45, 2.75) is 19.9 Å². The average molecular weight is 282 g/mol. The first-order chi connectivity index (χ1) is 10.1. The summed E-state index contributed by atoms with van der Waals surface area (Å²) in [7, 11) is 1.79. The van der Waals surface area contributed by atoms with E-state index in [4.69, 9.17) is 4.42 Å². The van der Waals surface area contributed by atoms with Crippen molar-refractivity contribution >= 4 is 16.6 Å². The van der Waals surface area contributed by atoms with E-state index >= 15 is 0 Å². The van der Waals surface area contributed by atoms with E-state index < -0.39 is 0 Å². The minimum atomic E-state index is -0.0287. The van der Waals surface area contributed by atoms with Gasteiger partial charge in [-0.1, -0.05) is 18.2 Å². The number of hydrogen-bond donors (Lipinski definition) is 1. The molecule has 4 nitrogen and oxygen atoms in total. The number of furan rings is 1. The van der Waals surface area contributed by atoms with E-state index in [1.807, 2.05) is 50.2 Å². The maximum absolute atomic E-state index is 12.1. The van der Waals surface area contributed by atoms with Crippen LogP contribution < -0.4 is 10.9 Å². The number of nitrogens with zero attached hydrogens (tertiary/aromatic N) is 1. The third kappa shape index (κ3) is 2.44. The van der Waals surface area contributed by atoms with Gasteiger partial charge in [-0.05, 0) is 32.0 Å². The maximum atomic E-state index is 12.1. The number of para-hydroxylation sites is 1. The molecule has 0 aliphatic carbocycles. The number of hydrogen-bond acceptors (Lipinski definition) is 3. The summed E-state index contributed by atoms with van der Waals surface area (Å²) in [6, 6.07) is 13.4. The molecule has 2 heterocycles. The lowest BCUT2D eigenvalue weighted by Crippen LogP contribution is -2.18. The highest BCUT2D eigenvalue weighted by Crippen LogP contribution is 2.26. The molecule has 108 valence electrons.